The molecule has 1 aromatic heterocycles. The van der Waals surface area contributed by atoms with Gasteiger partial charge in [-0.1, -0.05) is 39.8 Å². The summed E-state index contributed by atoms with van der Waals surface area (Å²) < 4.78 is 10.9. The van der Waals surface area contributed by atoms with Gasteiger partial charge < -0.3 is 14.8 Å². The van der Waals surface area contributed by atoms with Gasteiger partial charge in [-0.25, -0.2) is 4.79 Å². The Hall–Kier alpha value is -2.60. The van der Waals surface area contributed by atoms with Crippen molar-refractivity contribution in [2.45, 2.75) is 60.3 Å². The maximum absolute atomic E-state index is 12.7. The number of esters is 1. The Kier molecular flexibility index (Phi) is 8.35. The first-order chi connectivity index (χ1) is 15.7. The molecule has 0 radical (unpaired) electrons. The van der Waals surface area contributed by atoms with Crippen LogP contribution in [-0.4, -0.2) is 25.1 Å². The van der Waals surface area contributed by atoms with Crippen LogP contribution >= 0.6 is 11.3 Å². The Labute approximate surface area is 201 Å². The summed E-state index contributed by atoms with van der Waals surface area (Å²) in [5, 5.41) is 3.53. The second-order valence-corrected chi connectivity index (χ2v) is 10.6. The normalized spacial score (nSPS) is 15.8. The topological polar surface area (TPSA) is 64.6 Å². The van der Waals surface area contributed by atoms with Crippen LogP contribution in [0.1, 0.15) is 73.8 Å². The minimum Gasteiger partial charge on any atom is -0.494 e. The van der Waals surface area contributed by atoms with E-state index in [1.807, 2.05) is 24.3 Å². The fourth-order valence-corrected chi connectivity index (χ4v) is 5.37. The van der Waals surface area contributed by atoms with Crippen LogP contribution in [0.25, 0.3) is 6.08 Å². The molecule has 3 rings (SSSR count). The van der Waals surface area contributed by atoms with E-state index in [2.05, 4.69) is 33.0 Å². The van der Waals surface area contributed by atoms with E-state index < -0.39 is 0 Å². The van der Waals surface area contributed by atoms with Crippen molar-refractivity contribution in [1.29, 1.82) is 0 Å². The molecule has 0 aliphatic heterocycles. The lowest BCUT2D eigenvalue weighted by Crippen LogP contribution is -2.26. The van der Waals surface area contributed by atoms with Gasteiger partial charge in [0.25, 0.3) is 0 Å². The van der Waals surface area contributed by atoms with Gasteiger partial charge >= 0.3 is 5.97 Å². The lowest BCUT2D eigenvalue weighted by Gasteiger charge is -2.33. The number of hydrogen-bond donors (Lipinski definition) is 1. The molecule has 1 atom stereocenters. The molecular weight excluding hydrogens is 434 g/mol. The van der Waals surface area contributed by atoms with Crippen molar-refractivity contribution in [3.63, 3.8) is 0 Å². The number of thiophene rings is 1. The maximum atomic E-state index is 12.7. The highest BCUT2D eigenvalue weighted by Crippen LogP contribution is 2.44. The Morgan fingerprint density at radius 1 is 1.18 bits per heavy atom. The quantitative estimate of drug-likeness (QED) is 0.353. The molecule has 0 fully saturated rings. The van der Waals surface area contributed by atoms with Gasteiger partial charge in [0.1, 0.15) is 10.8 Å². The van der Waals surface area contributed by atoms with Gasteiger partial charge in [-0.3, -0.25) is 4.79 Å². The molecule has 33 heavy (non-hydrogen) atoms. The van der Waals surface area contributed by atoms with Crippen molar-refractivity contribution in [1.82, 2.24) is 0 Å². The largest absolute Gasteiger partial charge is 0.494 e. The second kappa shape index (κ2) is 11.0. The van der Waals surface area contributed by atoms with E-state index in [1.165, 1.54) is 22.3 Å². The number of ether oxygens (including phenoxy) is 2. The molecule has 178 valence electrons. The Morgan fingerprint density at radius 3 is 2.55 bits per heavy atom. The van der Waals surface area contributed by atoms with Crippen LogP contribution in [0, 0.1) is 11.3 Å². The van der Waals surface area contributed by atoms with Gasteiger partial charge in [-0.2, -0.15) is 0 Å². The highest BCUT2D eigenvalue weighted by atomic mass is 32.1. The number of benzene rings is 1. The summed E-state index contributed by atoms with van der Waals surface area (Å²) in [7, 11) is 0. The van der Waals surface area contributed by atoms with Crippen LogP contribution in [0.4, 0.5) is 5.00 Å². The van der Waals surface area contributed by atoms with Crippen LogP contribution in [-0.2, 0) is 22.4 Å². The number of rotatable bonds is 8. The second-order valence-electron chi connectivity index (χ2n) is 9.47. The third kappa shape index (κ3) is 6.47. The highest BCUT2D eigenvalue weighted by molar-refractivity contribution is 7.17. The first kappa shape index (κ1) is 25.0. The summed E-state index contributed by atoms with van der Waals surface area (Å²) in [6.45, 7) is 11.6. The average Bonchev–Trinajstić information content (AvgIpc) is 3.13. The van der Waals surface area contributed by atoms with E-state index in [4.69, 9.17) is 9.47 Å². The number of nitrogens with one attached hydrogen (secondary N) is 1. The number of amides is 1. The van der Waals surface area contributed by atoms with Gasteiger partial charge in [0.05, 0.1) is 18.8 Å². The SMILES string of the molecule is CCCOc1ccc(C=CC(=O)Nc2sc3c(c2C(=O)OCC)CCC(C(C)(C)C)C3)cc1. The molecule has 1 amide bonds. The molecule has 1 aliphatic carbocycles. The van der Waals surface area contributed by atoms with Gasteiger partial charge in [-0.05, 0) is 73.3 Å². The van der Waals surface area contributed by atoms with Crippen LogP contribution in [0.5, 0.6) is 5.75 Å². The third-order valence-corrected chi connectivity index (χ3v) is 7.16. The smallest absolute Gasteiger partial charge is 0.341 e. The zero-order valence-corrected chi connectivity index (χ0v) is 21.1. The van der Waals surface area contributed by atoms with E-state index in [-0.39, 0.29) is 17.3 Å². The predicted octanol–water partition coefficient (Wildman–Crippen LogP) is 6.52. The van der Waals surface area contributed by atoms with Gasteiger partial charge in [0, 0.05) is 11.0 Å². The van der Waals surface area contributed by atoms with E-state index in [9.17, 15) is 9.59 Å². The standard InChI is InChI=1S/C27H35NO4S/c1-6-16-32-20-12-8-18(9-13-20)10-15-23(29)28-25-24(26(30)31-7-2)21-14-11-19(27(3,4)5)17-22(21)33-25/h8-10,12-13,15,19H,6-7,11,14,16-17H2,1-5H3,(H,28,29). The zero-order valence-electron chi connectivity index (χ0n) is 20.3. The van der Waals surface area contributed by atoms with Crippen LogP contribution in [0.3, 0.4) is 0 Å². The summed E-state index contributed by atoms with van der Waals surface area (Å²) in [5.74, 6) is 0.741. The van der Waals surface area contributed by atoms with E-state index in [0.717, 1.165) is 42.6 Å². The molecule has 6 heteroatoms. The number of anilines is 1. The summed E-state index contributed by atoms with van der Waals surface area (Å²) in [6.07, 6.45) is 7.00. The Bertz CT molecular complexity index is 998. The highest BCUT2D eigenvalue weighted by Gasteiger charge is 2.34. The average molecular weight is 470 g/mol. The molecule has 0 bridgehead atoms. The van der Waals surface area contributed by atoms with Gasteiger partial charge in [-0.15, -0.1) is 11.3 Å². The third-order valence-electron chi connectivity index (χ3n) is 5.99. The first-order valence-electron chi connectivity index (χ1n) is 11.8. The number of carbonyl (C=O) groups excluding carboxylic acids is 2. The van der Waals surface area contributed by atoms with Gasteiger partial charge in [0.15, 0.2) is 0 Å². The Morgan fingerprint density at radius 2 is 1.91 bits per heavy atom. The van der Waals surface area contributed by atoms with Crippen molar-refractivity contribution >= 4 is 34.3 Å². The monoisotopic (exact) mass is 469 g/mol. The summed E-state index contributed by atoms with van der Waals surface area (Å²) in [4.78, 5) is 26.6. The molecule has 2 aromatic rings. The van der Waals surface area contributed by atoms with Crippen LogP contribution in [0.15, 0.2) is 30.3 Å². The lowest BCUT2D eigenvalue weighted by atomic mass is 9.72. The summed E-state index contributed by atoms with van der Waals surface area (Å²) in [5.41, 5.74) is 2.68. The van der Waals surface area contributed by atoms with E-state index in [1.54, 1.807) is 13.0 Å². The lowest BCUT2D eigenvalue weighted by molar-refractivity contribution is -0.111. The van der Waals surface area contributed by atoms with Gasteiger partial charge in [0.2, 0.25) is 5.91 Å². The Balaban J connectivity index is 1.76. The molecule has 0 spiro atoms. The molecule has 0 saturated heterocycles. The van der Waals surface area contributed by atoms with Crippen LogP contribution < -0.4 is 10.1 Å². The number of hydrogen-bond acceptors (Lipinski definition) is 5. The fraction of sp³-hybridized carbons (Fsp3) is 0.481. The van der Waals surface area contributed by atoms with Crippen molar-refractivity contribution in [3.05, 3.63) is 51.9 Å². The van der Waals surface area contributed by atoms with Crippen LogP contribution in [0.2, 0.25) is 0 Å². The molecule has 0 saturated carbocycles. The number of fused-ring (bicyclic) bond motifs is 1. The first-order valence-corrected chi connectivity index (χ1v) is 12.6. The number of carbonyl (C=O) groups is 2. The minimum atomic E-state index is -0.355. The predicted molar refractivity (Wildman–Crippen MR) is 135 cm³/mol. The van der Waals surface area contributed by atoms with Crippen molar-refractivity contribution < 1.29 is 19.1 Å². The molecule has 1 heterocycles. The maximum Gasteiger partial charge on any atom is 0.341 e. The molecule has 1 unspecified atom stereocenters. The molecular formula is C27H35NO4S. The van der Waals surface area contributed by atoms with E-state index in [0.29, 0.717) is 29.7 Å². The zero-order chi connectivity index (χ0) is 24.0. The summed E-state index contributed by atoms with van der Waals surface area (Å²) >= 11 is 1.51. The minimum absolute atomic E-state index is 0.203. The summed E-state index contributed by atoms with van der Waals surface area (Å²) in [6, 6.07) is 7.61. The molecule has 1 N–H and O–H groups in total. The molecule has 1 aliphatic rings. The fourth-order valence-electron chi connectivity index (χ4n) is 4.05. The molecule has 1 aromatic carbocycles. The molecule has 5 nitrogen and oxygen atoms in total. The van der Waals surface area contributed by atoms with Crippen molar-refractivity contribution in [3.8, 4) is 5.75 Å². The van der Waals surface area contributed by atoms with Crippen molar-refractivity contribution in [2.24, 2.45) is 11.3 Å². The van der Waals surface area contributed by atoms with Crippen molar-refractivity contribution in [2.75, 3.05) is 18.5 Å². The van der Waals surface area contributed by atoms with E-state index >= 15 is 0 Å².